The Hall–Kier alpha value is -4.34. The fourth-order valence-electron chi connectivity index (χ4n) is 3.22. The molecule has 3 rings (SSSR count). The quantitative estimate of drug-likeness (QED) is 0.114. The molecule has 200 valence electrons. The molecule has 0 heterocycles. The van der Waals surface area contributed by atoms with E-state index >= 15 is 0 Å². The number of oxime groups is 1. The second-order valence-electron chi connectivity index (χ2n) is 9.22. The summed E-state index contributed by atoms with van der Waals surface area (Å²) < 4.78 is 48.9. The number of alkyl halides is 3. The highest BCUT2D eigenvalue weighted by Crippen LogP contribution is 2.30. The second-order valence-corrected chi connectivity index (χ2v) is 9.22. The van der Waals surface area contributed by atoms with Gasteiger partial charge in [-0.3, -0.25) is 0 Å². The number of carboxylic acid groups (broad SMARTS) is 1. The molecule has 0 aliphatic rings. The maximum absolute atomic E-state index is 12.7. The molecule has 0 spiro atoms. The number of carboxylic acids is 1. The topological polar surface area (TPSA) is 94.4 Å². The van der Waals surface area contributed by atoms with Gasteiger partial charge < -0.3 is 19.4 Å². The van der Waals surface area contributed by atoms with Crippen molar-refractivity contribution in [2.75, 3.05) is 13.2 Å². The van der Waals surface area contributed by atoms with E-state index in [-0.39, 0.29) is 41.3 Å². The normalized spacial score (nSPS) is 11.8. The van der Waals surface area contributed by atoms with Crippen molar-refractivity contribution in [1.29, 1.82) is 0 Å². The molecule has 0 aliphatic heterocycles. The van der Waals surface area contributed by atoms with Crippen molar-refractivity contribution < 1.29 is 42.2 Å². The van der Waals surface area contributed by atoms with Crippen LogP contribution in [0.25, 0.3) is 0 Å². The van der Waals surface area contributed by atoms with Crippen LogP contribution in [0.5, 0.6) is 11.5 Å². The lowest BCUT2D eigenvalue weighted by Gasteiger charge is -2.18. The summed E-state index contributed by atoms with van der Waals surface area (Å²) in [5, 5.41) is 13.3. The smallest absolute Gasteiger partial charge is 0.416 e. The summed E-state index contributed by atoms with van der Waals surface area (Å²) in [5.41, 5.74) is 0.675. The van der Waals surface area contributed by atoms with E-state index in [4.69, 9.17) is 14.3 Å². The molecular formula is C28H26F3NO6. The number of hydrogen-bond acceptors (Lipinski definition) is 6. The van der Waals surface area contributed by atoms with Gasteiger partial charge in [-0.25, -0.2) is 9.59 Å². The number of benzene rings is 3. The van der Waals surface area contributed by atoms with Crippen molar-refractivity contribution >= 4 is 18.2 Å². The van der Waals surface area contributed by atoms with Crippen LogP contribution in [0.3, 0.4) is 0 Å². The molecule has 0 bridgehead atoms. The van der Waals surface area contributed by atoms with Gasteiger partial charge in [0.1, 0.15) is 23.7 Å². The van der Waals surface area contributed by atoms with Gasteiger partial charge in [-0.2, -0.15) is 13.2 Å². The lowest BCUT2D eigenvalue weighted by molar-refractivity contribution is -0.137. The maximum atomic E-state index is 12.7. The standard InChI is InChI=1S/C28H26F3NO6/c1-27(2,3)20-8-4-18(5-9-20)17-32-37-15-14-36-22-12-13-23(25(33)34)24(16-22)38-26(35)19-6-10-21(11-7-19)28(29,30)31/h4-13,16-17H,14-15H2,1-3H3,(H,33,34)/b32-17-. The Morgan fingerprint density at radius 3 is 2.11 bits per heavy atom. The number of rotatable bonds is 9. The Kier molecular flexibility index (Phi) is 8.77. The highest BCUT2D eigenvalue weighted by molar-refractivity contribution is 5.95. The fraction of sp³-hybridized carbons (Fsp3) is 0.250. The van der Waals surface area contributed by atoms with Crippen LogP contribution in [0, 0.1) is 0 Å². The van der Waals surface area contributed by atoms with E-state index < -0.39 is 23.7 Å². The summed E-state index contributed by atoms with van der Waals surface area (Å²) in [6, 6.07) is 15.0. The van der Waals surface area contributed by atoms with E-state index in [0.717, 1.165) is 29.8 Å². The number of nitrogens with zero attached hydrogens (tertiary/aromatic N) is 1. The number of aromatic carboxylic acids is 1. The summed E-state index contributed by atoms with van der Waals surface area (Å²) in [5.74, 6) is -2.51. The minimum Gasteiger partial charge on any atom is -0.490 e. The van der Waals surface area contributed by atoms with Crippen LogP contribution >= 0.6 is 0 Å². The van der Waals surface area contributed by atoms with E-state index in [1.165, 1.54) is 23.8 Å². The number of ether oxygens (including phenoxy) is 2. The molecule has 0 fully saturated rings. The van der Waals surface area contributed by atoms with Crippen LogP contribution in [0.4, 0.5) is 13.2 Å². The molecule has 0 atom stereocenters. The van der Waals surface area contributed by atoms with Gasteiger partial charge in [-0.15, -0.1) is 0 Å². The Labute approximate surface area is 217 Å². The van der Waals surface area contributed by atoms with Crippen LogP contribution in [0.15, 0.2) is 71.9 Å². The Morgan fingerprint density at radius 1 is 0.895 bits per heavy atom. The molecule has 0 saturated carbocycles. The van der Waals surface area contributed by atoms with Crippen LogP contribution in [0.2, 0.25) is 0 Å². The van der Waals surface area contributed by atoms with Crippen LogP contribution in [-0.2, 0) is 16.4 Å². The predicted octanol–water partition coefficient (Wildman–Crippen LogP) is 6.35. The van der Waals surface area contributed by atoms with Crippen molar-refractivity contribution in [2.24, 2.45) is 5.16 Å². The summed E-state index contributed by atoms with van der Waals surface area (Å²) in [6.45, 7) is 6.51. The number of carbonyl (C=O) groups is 2. The molecule has 7 nitrogen and oxygen atoms in total. The summed E-state index contributed by atoms with van der Waals surface area (Å²) in [4.78, 5) is 29.1. The molecule has 0 unspecified atom stereocenters. The zero-order valence-electron chi connectivity index (χ0n) is 20.9. The first-order chi connectivity index (χ1) is 17.8. The average Bonchev–Trinajstić information content (AvgIpc) is 2.85. The van der Waals surface area contributed by atoms with E-state index in [1.807, 2.05) is 24.3 Å². The molecule has 0 saturated heterocycles. The largest absolute Gasteiger partial charge is 0.490 e. The van der Waals surface area contributed by atoms with Gasteiger partial charge in [0.15, 0.2) is 6.61 Å². The van der Waals surface area contributed by atoms with E-state index in [0.29, 0.717) is 0 Å². The number of halogens is 3. The molecule has 0 aliphatic carbocycles. The monoisotopic (exact) mass is 529 g/mol. The van der Waals surface area contributed by atoms with Crippen molar-refractivity contribution in [1.82, 2.24) is 0 Å². The lowest BCUT2D eigenvalue weighted by Crippen LogP contribution is -2.13. The summed E-state index contributed by atoms with van der Waals surface area (Å²) in [7, 11) is 0. The van der Waals surface area contributed by atoms with E-state index in [2.05, 4.69) is 25.9 Å². The minimum atomic E-state index is -4.56. The second kappa shape index (κ2) is 11.8. The van der Waals surface area contributed by atoms with Crippen molar-refractivity contribution in [2.45, 2.75) is 32.4 Å². The van der Waals surface area contributed by atoms with Crippen molar-refractivity contribution in [3.05, 3.63) is 94.5 Å². The molecule has 0 radical (unpaired) electrons. The molecule has 10 heteroatoms. The maximum Gasteiger partial charge on any atom is 0.416 e. The molecular weight excluding hydrogens is 503 g/mol. The first-order valence-corrected chi connectivity index (χ1v) is 11.5. The Balaban J connectivity index is 1.57. The van der Waals surface area contributed by atoms with E-state index in [1.54, 1.807) is 6.21 Å². The molecule has 0 amide bonds. The summed E-state index contributed by atoms with van der Waals surface area (Å²) in [6.07, 6.45) is -3.00. The third-order valence-corrected chi connectivity index (χ3v) is 5.33. The van der Waals surface area contributed by atoms with Gasteiger partial charge in [0.05, 0.1) is 17.3 Å². The van der Waals surface area contributed by atoms with Crippen molar-refractivity contribution in [3.8, 4) is 11.5 Å². The minimum absolute atomic E-state index is 0.0482. The molecule has 0 aromatic heterocycles. The molecule has 3 aromatic carbocycles. The summed E-state index contributed by atoms with van der Waals surface area (Å²) >= 11 is 0. The third-order valence-electron chi connectivity index (χ3n) is 5.33. The number of carbonyl (C=O) groups excluding carboxylic acids is 1. The van der Waals surface area contributed by atoms with Gasteiger partial charge in [-0.1, -0.05) is 50.2 Å². The molecule has 1 N–H and O–H groups in total. The number of esters is 1. The fourth-order valence-corrected chi connectivity index (χ4v) is 3.22. The first-order valence-electron chi connectivity index (χ1n) is 11.5. The van der Waals surface area contributed by atoms with Gasteiger partial charge in [0, 0.05) is 6.07 Å². The van der Waals surface area contributed by atoms with Crippen LogP contribution in [0.1, 0.15) is 58.2 Å². The third kappa shape index (κ3) is 7.83. The van der Waals surface area contributed by atoms with Gasteiger partial charge in [0.25, 0.3) is 0 Å². The zero-order chi connectivity index (χ0) is 27.9. The van der Waals surface area contributed by atoms with Crippen LogP contribution < -0.4 is 9.47 Å². The van der Waals surface area contributed by atoms with Crippen molar-refractivity contribution in [3.63, 3.8) is 0 Å². The van der Waals surface area contributed by atoms with Gasteiger partial charge in [0.2, 0.25) is 0 Å². The van der Waals surface area contributed by atoms with Crippen LogP contribution in [-0.4, -0.2) is 36.5 Å². The molecule has 38 heavy (non-hydrogen) atoms. The molecule has 3 aromatic rings. The highest BCUT2D eigenvalue weighted by Gasteiger charge is 2.30. The first kappa shape index (κ1) is 28.2. The average molecular weight is 530 g/mol. The van der Waals surface area contributed by atoms with Gasteiger partial charge in [-0.05, 0) is 52.9 Å². The Bertz CT molecular complexity index is 1290. The zero-order valence-corrected chi connectivity index (χ0v) is 20.9. The highest BCUT2D eigenvalue weighted by atomic mass is 19.4. The van der Waals surface area contributed by atoms with E-state index in [9.17, 15) is 27.9 Å². The predicted molar refractivity (Wildman–Crippen MR) is 134 cm³/mol. The Morgan fingerprint density at radius 2 is 1.53 bits per heavy atom. The SMILES string of the molecule is CC(C)(C)c1ccc(/C=N\OCCOc2ccc(C(=O)O)c(OC(=O)c3ccc(C(F)(F)F)cc3)c2)cc1. The number of hydrogen-bond donors (Lipinski definition) is 1. The lowest BCUT2D eigenvalue weighted by atomic mass is 9.87. The van der Waals surface area contributed by atoms with Gasteiger partial charge >= 0.3 is 18.1 Å².